The van der Waals surface area contributed by atoms with Gasteiger partial charge in [-0.1, -0.05) is 30.3 Å². The lowest BCUT2D eigenvalue weighted by Crippen LogP contribution is -2.42. The number of aryl methyl sites for hydroxylation is 2. The molecule has 1 amide bonds. The van der Waals surface area contributed by atoms with Gasteiger partial charge in [0.05, 0.1) is 18.2 Å². The van der Waals surface area contributed by atoms with E-state index in [4.69, 9.17) is 0 Å². The summed E-state index contributed by atoms with van der Waals surface area (Å²) in [6, 6.07) is 9.79. The van der Waals surface area contributed by atoms with Crippen LogP contribution in [0.5, 0.6) is 0 Å². The number of nitrogens with zero attached hydrogens (tertiary/aromatic N) is 2. The van der Waals surface area contributed by atoms with Crippen molar-refractivity contribution >= 4 is 5.91 Å². The van der Waals surface area contributed by atoms with E-state index in [-0.39, 0.29) is 18.0 Å². The third-order valence-corrected chi connectivity index (χ3v) is 4.63. The maximum absolute atomic E-state index is 12.1. The van der Waals surface area contributed by atoms with Crippen molar-refractivity contribution in [2.75, 3.05) is 0 Å². The van der Waals surface area contributed by atoms with Crippen LogP contribution >= 0.6 is 0 Å². The van der Waals surface area contributed by atoms with Crippen molar-refractivity contribution in [2.24, 2.45) is 0 Å². The Kier molecular flexibility index (Phi) is 4.76. The predicted octanol–water partition coefficient (Wildman–Crippen LogP) is 2.00. The first-order chi connectivity index (χ1) is 11.1. The highest BCUT2D eigenvalue weighted by Gasteiger charge is 2.36. The summed E-state index contributed by atoms with van der Waals surface area (Å²) in [5.74, 6) is 0.894. The summed E-state index contributed by atoms with van der Waals surface area (Å²) in [6.07, 6.45) is 5.88. The lowest BCUT2D eigenvalue weighted by molar-refractivity contribution is -0.122. The fourth-order valence-corrected chi connectivity index (χ4v) is 3.34. The number of rotatable bonds is 5. The molecule has 1 aromatic carbocycles. The van der Waals surface area contributed by atoms with E-state index in [1.54, 1.807) is 6.20 Å². The van der Waals surface area contributed by atoms with Gasteiger partial charge >= 0.3 is 0 Å². The first kappa shape index (κ1) is 15.7. The Morgan fingerprint density at radius 1 is 1.35 bits per heavy atom. The van der Waals surface area contributed by atoms with Gasteiger partial charge in [0.15, 0.2) is 0 Å². The Balaban J connectivity index is 1.52. The third kappa shape index (κ3) is 3.62. The van der Waals surface area contributed by atoms with Crippen molar-refractivity contribution < 1.29 is 9.90 Å². The van der Waals surface area contributed by atoms with Crippen LogP contribution in [0, 0.1) is 6.92 Å². The zero-order valence-corrected chi connectivity index (χ0v) is 13.4. The Morgan fingerprint density at radius 3 is 2.83 bits per heavy atom. The summed E-state index contributed by atoms with van der Waals surface area (Å²) in [4.78, 5) is 16.3. The molecular formula is C18H23N3O2. The molecule has 0 unspecified atom stereocenters. The van der Waals surface area contributed by atoms with Crippen molar-refractivity contribution in [2.45, 2.75) is 50.8 Å². The first-order valence-electron chi connectivity index (χ1n) is 8.16. The molecule has 23 heavy (non-hydrogen) atoms. The molecule has 0 bridgehead atoms. The Labute approximate surface area is 136 Å². The van der Waals surface area contributed by atoms with Crippen LogP contribution in [0.4, 0.5) is 0 Å². The van der Waals surface area contributed by atoms with Gasteiger partial charge < -0.3 is 15.0 Å². The largest absolute Gasteiger partial charge is 0.389 e. The number of aliphatic hydroxyl groups is 1. The standard InChI is InChI=1S/C18H23N3O2/c1-13-19-11-12-21(13)16-9-8-15(18(16)23)20-17(22)10-7-14-5-3-2-4-6-14/h2-6,11-12,15-16,18,23H,7-10H2,1H3,(H,20,22)/t15-,16-,18-/m1/s1. The van der Waals surface area contributed by atoms with Crippen LogP contribution in [-0.2, 0) is 11.2 Å². The minimum Gasteiger partial charge on any atom is -0.389 e. The summed E-state index contributed by atoms with van der Waals surface area (Å²) in [7, 11) is 0. The lowest BCUT2D eigenvalue weighted by atomic mass is 10.1. The van der Waals surface area contributed by atoms with Gasteiger partial charge in [0.2, 0.25) is 5.91 Å². The van der Waals surface area contributed by atoms with Crippen LogP contribution in [0.2, 0.25) is 0 Å². The minimum atomic E-state index is -0.566. The van der Waals surface area contributed by atoms with Crippen molar-refractivity contribution in [1.82, 2.24) is 14.9 Å². The summed E-state index contributed by atoms with van der Waals surface area (Å²) >= 11 is 0. The zero-order valence-electron chi connectivity index (χ0n) is 13.4. The van der Waals surface area contributed by atoms with Crippen molar-refractivity contribution in [3.63, 3.8) is 0 Å². The molecule has 0 spiro atoms. The average molecular weight is 313 g/mol. The van der Waals surface area contributed by atoms with Crippen molar-refractivity contribution in [1.29, 1.82) is 0 Å². The van der Waals surface area contributed by atoms with Crippen LogP contribution < -0.4 is 5.32 Å². The van der Waals surface area contributed by atoms with E-state index in [1.165, 1.54) is 0 Å². The van der Waals surface area contributed by atoms with Gasteiger partial charge in [0, 0.05) is 18.8 Å². The first-order valence-corrected chi connectivity index (χ1v) is 8.16. The van der Waals surface area contributed by atoms with E-state index < -0.39 is 6.10 Å². The second-order valence-corrected chi connectivity index (χ2v) is 6.18. The van der Waals surface area contributed by atoms with Gasteiger partial charge in [-0.2, -0.15) is 0 Å². The molecule has 122 valence electrons. The number of carbonyl (C=O) groups is 1. The van der Waals surface area contributed by atoms with Gasteiger partial charge in [-0.25, -0.2) is 4.98 Å². The highest BCUT2D eigenvalue weighted by atomic mass is 16.3. The number of hydrogen-bond acceptors (Lipinski definition) is 3. The zero-order chi connectivity index (χ0) is 16.2. The molecule has 1 aromatic heterocycles. The van der Waals surface area contributed by atoms with Crippen LogP contribution in [0.25, 0.3) is 0 Å². The molecule has 3 rings (SSSR count). The normalized spacial score (nSPS) is 23.8. The molecule has 1 aliphatic rings. The number of imidazole rings is 1. The van der Waals surface area contributed by atoms with E-state index in [0.717, 1.165) is 30.7 Å². The minimum absolute atomic E-state index is 0.000839. The molecular weight excluding hydrogens is 290 g/mol. The van der Waals surface area contributed by atoms with E-state index in [0.29, 0.717) is 6.42 Å². The van der Waals surface area contributed by atoms with Gasteiger partial charge in [0.25, 0.3) is 0 Å². The fraction of sp³-hybridized carbons (Fsp3) is 0.444. The molecule has 5 nitrogen and oxygen atoms in total. The Morgan fingerprint density at radius 2 is 2.13 bits per heavy atom. The number of amides is 1. The number of nitrogens with one attached hydrogen (secondary N) is 1. The van der Waals surface area contributed by atoms with E-state index in [9.17, 15) is 9.90 Å². The lowest BCUT2D eigenvalue weighted by Gasteiger charge is -2.22. The molecule has 5 heteroatoms. The summed E-state index contributed by atoms with van der Waals surface area (Å²) in [5, 5.41) is 13.5. The quantitative estimate of drug-likeness (QED) is 0.887. The van der Waals surface area contributed by atoms with Crippen molar-refractivity contribution in [3.05, 3.63) is 54.1 Å². The van der Waals surface area contributed by atoms with Crippen LogP contribution in [-0.4, -0.2) is 32.7 Å². The molecule has 2 aromatic rings. The number of carbonyl (C=O) groups excluding carboxylic acids is 1. The van der Waals surface area contributed by atoms with Crippen LogP contribution in [0.15, 0.2) is 42.7 Å². The second kappa shape index (κ2) is 6.96. The average Bonchev–Trinajstić information content (AvgIpc) is 3.13. The molecule has 1 heterocycles. The van der Waals surface area contributed by atoms with E-state index in [1.807, 2.05) is 48.0 Å². The maximum atomic E-state index is 12.1. The maximum Gasteiger partial charge on any atom is 0.220 e. The smallest absolute Gasteiger partial charge is 0.220 e. The Hall–Kier alpha value is -2.14. The Bertz CT molecular complexity index is 653. The van der Waals surface area contributed by atoms with Gasteiger partial charge in [0.1, 0.15) is 5.82 Å². The topological polar surface area (TPSA) is 67.2 Å². The number of aliphatic hydroxyl groups excluding tert-OH is 1. The molecule has 0 saturated heterocycles. The third-order valence-electron chi connectivity index (χ3n) is 4.63. The van der Waals surface area contributed by atoms with Crippen LogP contribution in [0.3, 0.4) is 0 Å². The number of hydrogen-bond donors (Lipinski definition) is 2. The molecule has 1 aliphatic carbocycles. The van der Waals surface area contributed by atoms with E-state index >= 15 is 0 Å². The van der Waals surface area contributed by atoms with E-state index in [2.05, 4.69) is 10.3 Å². The summed E-state index contributed by atoms with van der Waals surface area (Å²) < 4.78 is 2.00. The molecule has 0 radical (unpaired) electrons. The molecule has 2 N–H and O–H groups in total. The SMILES string of the molecule is Cc1nccn1[C@@H]1CC[C@@H](NC(=O)CCc2ccccc2)[C@H]1O. The number of aromatic nitrogens is 2. The van der Waals surface area contributed by atoms with Crippen molar-refractivity contribution in [3.8, 4) is 0 Å². The molecule has 1 fully saturated rings. The summed E-state index contributed by atoms with van der Waals surface area (Å²) in [6.45, 7) is 1.93. The van der Waals surface area contributed by atoms with Gasteiger partial charge in [-0.15, -0.1) is 0 Å². The molecule has 3 atom stereocenters. The summed E-state index contributed by atoms with van der Waals surface area (Å²) in [5.41, 5.74) is 1.15. The highest BCUT2D eigenvalue weighted by Crippen LogP contribution is 2.31. The monoisotopic (exact) mass is 313 g/mol. The molecule has 0 aliphatic heterocycles. The van der Waals surface area contributed by atoms with Gasteiger partial charge in [-0.05, 0) is 31.7 Å². The second-order valence-electron chi connectivity index (χ2n) is 6.18. The highest BCUT2D eigenvalue weighted by molar-refractivity contribution is 5.76. The number of benzene rings is 1. The van der Waals surface area contributed by atoms with Crippen LogP contribution in [0.1, 0.15) is 36.7 Å². The molecule has 1 saturated carbocycles. The fourth-order valence-electron chi connectivity index (χ4n) is 3.34. The van der Waals surface area contributed by atoms with Gasteiger partial charge in [-0.3, -0.25) is 4.79 Å². The predicted molar refractivity (Wildman–Crippen MR) is 87.9 cm³/mol.